The highest BCUT2D eigenvalue weighted by Crippen LogP contribution is 2.06. The second-order valence-corrected chi connectivity index (χ2v) is 2.72. The van der Waals surface area contributed by atoms with Gasteiger partial charge in [0.25, 0.3) is 0 Å². The Bertz CT molecular complexity index is 294. The van der Waals surface area contributed by atoms with Crippen LogP contribution in [0.15, 0.2) is 0 Å². The molecule has 0 bridgehead atoms. The lowest BCUT2D eigenvalue weighted by molar-refractivity contribution is 0.655. The first kappa shape index (κ1) is 8.72. The average molecular weight is 164 g/mol. The van der Waals surface area contributed by atoms with Crippen LogP contribution in [0, 0.1) is 11.3 Å². The summed E-state index contributed by atoms with van der Waals surface area (Å²) < 4.78 is 1.67. The van der Waals surface area contributed by atoms with E-state index in [9.17, 15) is 0 Å². The summed E-state index contributed by atoms with van der Waals surface area (Å²) in [7, 11) is 1.82. The highest BCUT2D eigenvalue weighted by Gasteiger charge is 2.07. The first-order valence-electron chi connectivity index (χ1n) is 4.08. The molecule has 64 valence electrons. The van der Waals surface area contributed by atoms with Crippen LogP contribution in [0.2, 0.25) is 0 Å². The van der Waals surface area contributed by atoms with Crippen molar-refractivity contribution < 1.29 is 0 Å². The number of nitriles is 1. The van der Waals surface area contributed by atoms with Gasteiger partial charge in [-0.15, -0.1) is 5.10 Å². The van der Waals surface area contributed by atoms with E-state index in [2.05, 4.69) is 17.2 Å². The van der Waals surface area contributed by atoms with Gasteiger partial charge in [0.15, 0.2) is 5.69 Å². The molecule has 4 nitrogen and oxygen atoms in total. The second-order valence-electron chi connectivity index (χ2n) is 2.72. The highest BCUT2D eigenvalue weighted by atomic mass is 15.4. The van der Waals surface area contributed by atoms with Gasteiger partial charge in [0, 0.05) is 7.05 Å². The molecule has 0 aromatic carbocycles. The van der Waals surface area contributed by atoms with Crippen molar-refractivity contribution in [3.63, 3.8) is 0 Å². The Balaban J connectivity index is 2.81. The summed E-state index contributed by atoms with van der Waals surface area (Å²) in [6, 6.07) is 2.03. The fourth-order valence-electron chi connectivity index (χ4n) is 1.09. The zero-order valence-corrected chi connectivity index (χ0v) is 7.41. The Kier molecular flexibility index (Phi) is 2.81. The molecule has 0 fully saturated rings. The van der Waals surface area contributed by atoms with Gasteiger partial charge in [-0.2, -0.15) is 5.26 Å². The van der Waals surface area contributed by atoms with Gasteiger partial charge in [-0.25, -0.2) is 0 Å². The van der Waals surface area contributed by atoms with Crippen LogP contribution in [0.3, 0.4) is 0 Å². The summed E-state index contributed by atoms with van der Waals surface area (Å²) in [6.07, 6.45) is 3.09. The van der Waals surface area contributed by atoms with Gasteiger partial charge in [-0.1, -0.05) is 18.6 Å². The van der Waals surface area contributed by atoms with Crippen LogP contribution in [0.5, 0.6) is 0 Å². The van der Waals surface area contributed by atoms with E-state index in [-0.39, 0.29) is 0 Å². The summed E-state index contributed by atoms with van der Waals surface area (Å²) >= 11 is 0. The molecule has 1 aromatic heterocycles. The Morgan fingerprint density at radius 1 is 1.58 bits per heavy atom. The minimum Gasteiger partial charge on any atom is -0.251 e. The Morgan fingerprint density at radius 3 is 2.92 bits per heavy atom. The molecule has 12 heavy (non-hydrogen) atoms. The molecule has 1 aromatic rings. The smallest absolute Gasteiger partial charge is 0.185 e. The molecule has 0 saturated heterocycles. The molecule has 0 N–H and O–H groups in total. The summed E-state index contributed by atoms with van der Waals surface area (Å²) in [5.74, 6) is 0. The van der Waals surface area contributed by atoms with E-state index in [1.165, 1.54) is 0 Å². The maximum Gasteiger partial charge on any atom is 0.185 e. The monoisotopic (exact) mass is 164 g/mol. The van der Waals surface area contributed by atoms with E-state index in [1.54, 1.807) is 4.68 Å². The zero-order valence-electron chi connectivity index (χ0n) is 7.41. The van der Waals surface area contributed by atoms with Crippen LogP contribution < -0.4 is 0 Å². The number of aryl methyl sites for hydroxylation is 1. The second kappa shape index (κ2) is 3.86. The average Bonchev–Trinajstić information content (AvgIpc) is 2.43. The van der Waals surface area contributed by atoms with Crippen molar-refractivity contribution in [3.05, 3.63) is 11.4 Å². The predicted octanol–water partition coefficient (Wildman–Crippen LogP) is 1.03. The highest BCUT2D eigenvalue weighted by molar-refractivity contribution is 5.24. The van der Waals surface area contributed by atoms with E-state index in [4.69, 9.17) is 5.26 Å². The fraction of sp³-hybridized carbons (Fsp3) is 0.625. The van der Waals surface area contributed by atoms with E-state index in [0.29, 0.717) is 5.69 Å². The van der Waals surface area contributed by atoms with Crippen molar-refractivity contribution in [3.8, 4) is 6.07 Å². The van der Waals surface area contributed by atoms with Gasteiger partial charge >= 0.3 is 0 Å². The van der Waals surface area contributed by atoms with Crippen LogP contribution in [0.4, 0.5) is 0 Å². The van der Waals surface area contributed by atoms with Gasteiger partial charge in [0.05, 0.1) is 5.69 Å². The molecule has 0 amide bonds. The molecule has 0 spiro atoms. The molecule has 1 heterocycles. The third-order valence-corrected chi connectivity index (χ3v) is 1.82. The lowest BCUT2D eigenvalue weighted by atomic mass is 10.2. The maximum absolute atomic E-state index is 8.67. The van der Waals surface area contributed by atoms with Crippen LogP contribution in [0.25, 0.3) is 0 Å². The molecule has 0 radical (unpaired) electrons. The fourth-order valence-corrected chi connectivity index (χ4v) is 1.09. The van der Waals surface area contributed by atoms with Crippen LogP contribution in [-0.4, -0.2) is 15.0 Å². The van der Waals surface area contributed by atoms with Gasteiger partial charge in [-0.05, 0) is 12.8 Å². The van der Waals surface area contributed by atoms with E-state index < -0.39 is 0 Å². The Hall–Kier alpha value is -1.37. The van der Waals surface area contributed by atoms with Gasteiger partial charge in [-0.3, -0.25) is 4.68 Å². The molecule has 4 heteroatoms. The van der Waals surface area contributed by atoms with Crippen molar-refractivity contribution in [2.45, 2.75) is 26.2 Å². The molecule has 1 rings (SSSR count). The summed E-state index contributed by atoms with van der Waals surface area (Å²) in [6.45, 7) is 2.12. The predicted molar refractivity (Wildman–Crippen MR) is 44.3 cm³/mol. The number of aromatic nitrogens is 3. The van der Waals surface area contributed by atoms with Crippen LogP contribution >= 0.6 is 0 Å². The van der Waals surface area contributed by atoms with E-state index in [0.717, 1.165) is 25.0 Å². The van der Waals surface area contributed by atoms with Crippen molar-refractivity contribution in [2.75, 3.05) is 0 Å². The van der Waals surface area contributed by atoms with Gasteiger partial charge in [0.2, 0.25) is 0 Å². The molecule has 0 atom stereocenters. The first-order valence-corrected chi connectivity index (χ1v) is 4.08. The first-order chi connectivity index (χ1) is 5.79. The number of hydrogen-bond donors (Lipinski definition) is 0. The topological polar surface area (TPSA) is 54.5 Å². The third kappa shape index (κ3) is 1.62. The summed E-state index contributed by atoms with van der Waals surface area (Å²) in [5.41, 5.74) is 1.41. The Labute approximate surface area is 71.8 Å². The molecule has 0 unspecified atom stereocenters. The Morgan fingerprint density at radius 2 is 2.33 bits per heavy atom. The molecular weight excluding hydrogens is 152 g/mol. The molecular formula is C8H12N4. The third-order valence-electron chi connectivity index (χ3n) is 1.82. The number of hydrogen-bond acceptors (Lipinski definition) is 3. The van der Waals surface area contributed by atoms with Crippen molar-refractivity contribution in [1.29, 1.82) is 5.26 Å². The normalized spacial score (nSPS) is 9.75. The molecule has 0 saturated carbocycles. The summed E-state index contributed by atoms with van der Waals surface area (Å²) in [5, 5.41) is 16.2. The number of unbranched alkanes of at least 4 members (excludes halogenated alkanes) is 1. The minimum atomic E-state index is 0.464. The molecule has 0 aliphatic heterocycles. The lowest BCUT2D eigenvalue weighted by Gasteiger charge is -1.97. The lowest BCUT2D eigenvalue weighted by Crippen LogP contribution is -1.99. The molecule has 0 aliphatic rings. The van der Waals surface area contributed by atoms with Crippen LogP contribution in [0.1, 0.15) is 31.2 Å². The standard InChI is InChI=1S/C8H12N4/c1-3-4-5-8-7(6-9)10-11-12(8)2/h3-5H2,1-2H3. The zero-order chi connectivity index (χ0) is 8.97. The van der Waals surface area contributed by atoms with Crippen molar-refractivity contribution >= 4 is 0 Å². The van der Waals surface area contributed by atoms with Gasteiger partial charge < -0.3 is 0 Å². The number of rotatable bonds is 3. The van der Waals surface area contributed by atoms with Crippen molar-refractivity contribution in [2.24, 2.45) is 7.05 Å². The quantitative estimate of drug-likeness (QED) is 0.670. The minimum absolute atomic E-state index is 0.464. The largest absolute Gasteiger partial charge is 0.251 e. The molecule has 0 aliphatic carbocycles. The van der Waals surface area contributed by atoms with E-state index >= 15 is 0 Å². The summed E-state index contributed by atoms with van der Waals surface area (Å²) in [4.78, 5) is 0. The van der Waals surface area contributed by atoms with Gasteiger partial charge in [0.1, 0.15) is 6.07 Å². The van der Waals surface area contributed by atoms with Crippen LogP contribution in [-0.2, 0) is 13.5 Å². The van der Waals surface area contributed by atoms with E-state index in [1.807, 2.05) is 13.1 Å². The van der Waals surface area contributed by atoms with Crippen molar-refractivity contribution in [1.82, 2.24) is 15.0 Å². The number of nitrogens with zero attached hydrogens (tertiary/aromatic N) is 4. The maximum atomic E-state index is 8.67. The SMILES string of the molecule is CCCCc1c(C#N)nnn1C.